The minimum absolute atomic E-state index is 0.457. The molecule has 0 aliphatic heterocycles. The Balaban J connectivity index is 2.22. The first-order chi connectivity index (χ1) is 9.31. The Kier molecular flexibility index (Phi) is 4.33. The molecule has 2 aliphatic rings. The molecule has 112 valence electrons. The maximum atomic E-state index is 4.43. The van der Waals surface area contributed by atoms with Gasteiger partial charge in [0.2, 0.25) is 0 Å². The first-order valence-electron chi connectivity index (χ1n) is 8.29. The SMILES string of the molecule is C=CC(=C)CC[C@@H]1C(=C)CC[C@@H]2C(C)(C)CCC[C@@]12C. The zero-order valence-corrected chi connectivity index (χ0v) is 13.8. The molecule has 0 radical (unpaired) electrons. The van der Waals surface area contributed by atoms with E-state index < -0.39 is 0 Å². The lowest BCUT2D eigenvalue weighted by Crippen LogP contribution is -2.49. The van der Waals surface area contributed by atoms with E-state index in [1.807, 2.05) is 6.08 Å². The highest BCUT2D eigenvalue weighted by Crippen LogP contribution is 2.61. The first-order valence-corrected chi connectivity index (χ1v) is 8.29. The van der Waals surface area contributed by atoms with E-state index in [9.17, 15) is 0 Å². The third kappa shape index (κ3) is 2.67. The van der Waals surface area contributed by atoms with Crippen LogP contribution in [0, 0.1) is 22.7 Å². The highest BCUT2D eigenvalue weighted by Gasteiger charge is 2.52. The van der Waals surface area contributed by atoms with Crippen LogP contribution in [0.25, 0.3) is 0 Å². The van der Waals surface area contributed by atoms with Gasteiger partial charge in [-0.15, -0.1) is 0 Å². The van der Waals surface area contributed by atoms with Crippen LogP contribution >= 0.6 is 0 Å². The maximum absolute atomic E-state index is 4.43. The lowest BCUT2D eigenvalue weighted by atomic mass is 9.47. The van der Waals surface area contributed by atoms with Crippen molar-refractivity contribution in [3.05, 3.63) is 37.0 Å². The van der Waals surface area contributed by atoms with Crippen LogP contribution < -0.4 is 0 Å². The fourth-order valence-corrected chi connectivity index (χ4v) is 5.24. The van der Waals surface area contributed by atoms with Crippen LogP contribution in [0.3, 0.4) is 0 Å². The topological polar surface area (TPSA) is 0 Å². The van der Waals surface area contributed by atoms with Crippen molar-refractivity contribution in [1.29, 1.82) is 0 Å². The zero-order valence-electron chi connectivity index (χ0n) is 13.8. The fraction of sp³-hybridized carbons (Fsp3) is 0.700. The molecule has 0 amide bonds. The average molecular weight is 272 g/mol. The van der Waals surface area contributed by atoms with Gasteiger partial charge < -0.3 is 0 Å². The van der Waals surface area contributed by atoms with Crippen molar-refractivity contribution < 1.29 is 0 Å². The molecular formula is C20H32. The van der Waals surface area contributed by atoms with Gasteiger partial charge in [-0.05, 0) is 61.2 Å². The molecule has 2 fully saturated rings. The van der Waals surface area contributed by atoms with Gasteiger partial charge in [-0.1, -0.05) is 64.2 Å². The summed E-state index contributed by atoms with van der Waals surface area (Å²) in [5.74, 6) is 1.54. The van der Waals surface area contributed by atoms with Gasteiger partial charge in [0.05, 0.1) is 0 Å². The van der Waals surface area contributed by atoms with Crippen molar-refractivity contribution in [3.8, 4) is 0 Å². The van der Waals surface area contributed by atoms with Gasteiger partial charge in [0, 0.05) is 0 Å². The maximum Gasteiger partial charge on any atom is -0.0146 e. The van der Waals surface area contributed by atoms with Crippen molar-refractivity contribution >= 4 is 0 Å². The van der Waals surface area contributed by atoms with Gasteiger partial charge >= 0.3 is 0 Å². The zero-order chi connectivity index (χ0) is 15.0. The second-order valence-corrected chi connectivity index (χ2v) is 8.05. The summed E-state index contributed by atoms with van der Waals surface area (Å²) in [6, 6.07) is 0. The highest BCUT2D eigenvalue weighted by molar-refractivity contribution is 5.18. The van der Waals surface area contributed by atoms with E-state index in [0.717, 1.165) is 12.3 Å². The Labute approximate surface area is 126 Å². The molecule has 0 N–H and O–H groups in total. The van der Waals surface area contributed by atoms with E-state index in [1.165, 1.54) is 49.7 Å². The number of allylic oxidation sites excluding steroid dienone is 3. The summed E-state index contributed by atoms with van der Waals surface area (Å²) >= 11 is 0. The van der Waals surface area contributed by atoms with E-state index in [1.54, 1.807) is 0 Å². The van der Waals surface area contributed by atoms with Crippen LogP contribution in [0.1, 0.15) is 65.7 Å². The first kappa shape index (κ1) is 15.6. The summed E-state index contributed by atoms with van der Waals surface area (Å²) in [4.78, 5) is 0. The molecule has 2 aliphatic carbocycles. The number of fused-ring (bicyclic) bond motifs is 1. The Morgan fingerprint density at radius 2 is 2.00 bits per heavy atom. The predicted molar refractivity (Wildman–Crippen MR) is 89.7 cm³/mol. The van der Waals surface area contributed by atoms with Crippen LogP contribution in [0.2, 0.25) is 0 Å². The lowest BCUT2D eigenvalue weighted by Gasteiger charge is -2.58. The van der Waals surface area contributed by atoms with Crippen molar-refractivity contribution in [2.45, 2.75) is 65.7 Å². The van der Waals surface area contributed by atoms with Gasteiger partial charge in [0.1, 0.15) is 0 Å². The summed E-state index contributed by atoms with van der Waals surface area (Å²) in [5, 5.41) is 0. The molecule has 0 saturated heterocycles. The number of hydrogen-bond acceptors (Lipinski definition) is 0. The van der Waals surface area contributed by atoms with Crippen molar-refractivity contribution in [3.63, 3.8) is 0 Å². The molecule has 0 heterocycles. The molecule has 0 spiro atoms. The monoisotopic (exact) mass is 272 g/mol. The molecule has 0 bridgehead atoms. The van der Waals surface area contributed by atoms with Gasteiger partial charge in [0.15, 0.2) is 0 Å². The Bertz CT molecular complexity index is 412. The van der Waals surface area contributed by atoms with Gasteiger partial charge in [-0.3, -0.25) is 0 Å². The Hall–Kier alpha value is -0.780. The van der Waals surface area contributed by atoms with Crippen LogP contribution in [-0.4, -0.2) is 0 Å². The molecule has 0 aromatic heterocycles. The molecule has 2 rings (SSSR count). The molecule has 0 aromatic rings. The smallest absolute Gasteiger partial charge is 0.0146 e. The molecule has 0 unspecified atom stereocenters. The molecule has 20 heavy (non-hydrogen) atoms. The van der Waals surface area contributed by atoms with E-state index >= 15 is 0 Å². The number of rotatable bonds is 4. The van der Waals surface area contributed by atoms with Crippen LogP contribution in [0.15, 0.2) is 37.0 Å². The standard InChI is InChI=1S/C20H32/c1-7-15(2)9-11-17-16(3)10-12-18-19(4,5)13-8-14-20(17,18)6/h7,17-18H,1-3,8-14H2,4-6H3/t17-,18-,20+/m1/s1. The molecular weight excluding hydrogens is 240 g/mol. The van der Waals surface area contributed by atoms with E-state index in [0.29, 0.717) is 16.7 Å². The van der Waals surface area contributed by atoms with E-state index in [2.05, 4.69) is 40.5 Å². The third-order valence-electron chi connectivity index (χ3n) is 6.36. The molecule has 2 saturated carbocycles. The quantitative estimate of drug-likeness (QED) is 0.415. The third-order valence-corrected chi connectivity index (χ3v) is 6.36. The van der Waals surface area contributed by atoms with Crippen LogP contribution in [0.4, 0.5) is 0 Å². The second-order valence-electron chi connectivity index (χ2n) is 8.05. The van der Waals surface area contributed by atoms with Gasteiger partial charge in [0.25, 0.3) is 0 Å². The Morgan fingerprint density at radius 3 is 2.65 bits per heavy atom. The summed E-state index contributed by atoms with van der Waals surface area (Å²) in [5.41, 5.74) is 3.64. The largest absolute Gasteiger partial charge is 0.0996 e. The Morgan fingerprint density at radius 1 is 1.30 bits per heavy atom. The number of hydrogen-bond donors (Lipinski definition) is 0. The predicted octanol–water partition coefficient (Wildman–Crippen LogP) is 6.31. The van der Waals surface area contributed by atoms with E-state index in [-0.39, 0.29) is 0 Å². The van der Waals surface area contributed by atoms with E-state index in [4.69, 9.17) is 0 Å². The van der Waals surface area contributed by atoms with Gasteiger partial charge in [-0.2, -0.15) is 0 Å². The van der Waals surface area contributed by atoms with Crippen molar-refractivity contribution in [1.82, 2.24) is 0 Å². The summed E-state index contributed by atoms with van der Waals surface area (Å²) < 4.78 is 0. The fourth-order valence-electron chi connectivity index (χ4n) is 5.24. The highest BCUT2D eigenvalue weighted by atomic mass is 14.6. The van der Waals surface area contributed by atoms with Crippen LogP contribution in [-0.2, 0) is 0 Å². The molecule has 0 nitrogen and oxygen atoms in total. The van der Waals surface area contributed by atoms with Crippen molar-refractivity contribution in [2.75, 3.05) is 0 Å². The second kappa shape index (κ2) is 5.54. The van der Waals surface area contributed by atoms with Crippen molar-refractivity contribution in [2.24, 2.45) is 22.7 Å². The summed E-state index contributed by atoms with van der Waals surface area (Å²) in [7, 11) is 0. The normalized spacial score (nSPS) is 36.2. The average Bonchev–Trinajstić information content (AvgIpc) is 2.36. The lowest BCUT2D eigenvalue weighted by molar-refractivity contribution is -0.0538. The minimum atomic E-state index is 0.457. The van der Waals surface area contributed by atoms with Crippen LogP contribution in [0.5, 0.6) is 0 Å². The molecule has 3 atom stereocenters. The minimum Gasteiger partial charge on any atom is -0.0996 e. The van der Waals surface area contributed by atoms with Gasteiger partial charge in [-0.25, -0.2) is 0 Å². The summed E-state index contributed by atoms with van der Waals surface area (Å²) in [6.45, 7) is 19.9. The summed E-state index contributed by atoms with van der Waals surface area (Å²) in [6.07, 6.45) is 10.9. The molecule has 0 heteroatoms. The molecule has 0 aromatic carbocycles.